The van der Waals surface area contributed by atoms with Crippen LogP contribution in [0.25, 0.3) is 0 Å². The third-order valence-corrected chi connectivity index (χ3v) is 3.92. The van der Waals surface area contributed by atoms with Gasteiger partial charge in [0.15, 0.2) is 0 Å². The molecule has 1 fully saturated rings. The maximum Gasteiger partial charge on any atom is 0.270 e. The lowest BCUT2D eigenvalue weighted by atomic mass is 9.76. The van der Waals surface area contributed by atoms with Crippen molar-refractivity contribution in [3.05, 3.63) is 54.0 Å². The highest BCUT2D eigenvalue weighted by molar-refractivity contribution is 5.92. The van der Waals surface area contributed by atoms with E-state index in [1.807, 2.05) is 18.2 Å². The Labute approximate surface area is 128 Å². The second-order valence-electron chi connectivity index (χ2n) is 5.54. The van der Waals surface area contributed by atoms with Gasteiger partial charge in [0.2, 0.25) is 0 Å². The van der Waals surface area contributed by atoms with Gasteiger partial charge in [0, 0.05) is 6.20 Å². The number of carbonyl (C=O) groups is 1. The number of rotatable bonds is 4. The topological polar surface area (TPSA) is 101 Å². The maximum atomic E-state index is 12.4. The fourth-order valence-corrected chi connectivity index (χ4v) is 2.69. The number of hydrogen-bond donors (Lipinski definition) is 3. The Bertz CT molecular complexity index is 656. The molecule has 3 rings (SSSR count). The lowest BCUT2D eigenvalue weighted by Gasteiger charge is -2.37. The number of nitrogens with zero attached hydrogens (tertiary/aromatic N) is 2. The van der Waals surface area contributed by atoms with E-state index in [2.05, 4.69) is 15.3 Å². The average Bonchev–Trinajstić information content (AvgIpc) is 2.50. The van der Waals surface area contributed by atoms with Crippen molar-refractivity contribution in [1.82, 2.24) is 15.3 Å². The molecule has 0 saturated heterocycles. The summed E-state index contributed by atoms with van der Waals surface area (Å²) < 4.78 is 0. The molecular weight excluding hydrogens is 280 g/mol. The van der Waals surface area contributed by atoms with E-state index < -0.39 is 0 Å². The summed E-state index contributed by atoms with van der Waals surface area (Å²) in [4.78, 5) is 20.8. The lowest BCUT2D eigenvalue weighted by molar-refractivity contribution is 0.0228. The van der Waals surface area contributed by atoms with Crippen LogP contribution >= 0.6 is 0 Å². The van der Waals surface area contributed by atoms with Gasteiger partial charge in [-0.2, -0.15) is 0 Å². The average molecular weight is 298 g/mol. The third kappa shape index (κ3) is 3.07. The van der Waals surface area contributed by atoms with Gasteiger partial charge in [-0.25, -0.2) is 4.98 Å². The molecule has 1 atom stereocenters. The Hall–Kier alpha value is -2.47. The van der Waals surface area contributed by atoms with Crippen molar-refractivity contribution >= 4 is 11.7 Å². The van der Waals surface area contributed by atoms with Gasteiger partial charge in [0.1, 0.15) is 11.5 Å². The number of hydrogen-bond acceptors (Lipinski definition) is 5. The zero-order valence-corrected chi connectivity index (χ0v) is 12.0. The molecule has 6 heteroatoms. The molecule has 2 aromatic rings. The monoisotopic (exact) mass is 298 g/mol. The SMILES string of the molecule is Nc1cccc(C(=O)NC(c2ccccn2)C2CC(O)C2)n1. The van der Waals surface area contributed by atoms with Crippen LogP contribution in [0.1, 0.15) is 35.1 Å². The largest absolute Gasteiger partial charge is 0.393 e. The first-order valence-corrected chi connectivity index (χ1v) is 7.26. The first-order valence-electron chi connectivity index (χ1n) is 7.26. The van der Waals surface area contributed by atoms with Crippen molar-refractivity contribution in [3.63, 3.8) is 0 Å². The molecule has 0 aromatic carbocycles. The van der Waals surface area contributed by atoms with Crippen LogP contribution in [0.4, 0.5) is 5.82 Å². The number of nitrogens with one attached hydrogen (secondary N) is 1. The number of carbonyl (C=O) groups excluding carboxylic acids is 1. The van der Waals surface area contributed by atoms with E-state index in [9.17, 15) is 9.90 Å². The Kier molecular flexibility index (Phi) is 4.02. The molecule has 114 valence electrons. The van der Waals surface area contributed by atoms with Crippen molar-refractivity contribution in [1.29, 1.82) is 0 Å². The normalized spacial score (nSPS) is 21.7. The smallest absolute Gasteiger partial charge is 0.270 e. The summed E-state index contributed by atoms with van der Waals surface area (Å²) in [5, 5.41) is 12.5. The van der Waals surface area contributed by atoms with Crippen LogP contribution in [0.2, 0.25) is 0 Å². The quantitative estimate of drug-likeness (QED) is 0.790. The van der Waals surface area contributed by atoms with E-state index in [0.717, 1.165) is 5.69 Å². The predicted molar refractivity (Wildman–Crippen MR) is 81.8 cm³/mol. The van der Waals surface area contributed by atoms with Gasteiger partial charge >= 0.3 is 0 Å². The van der Waals surface area contributed by atoms with E-state index in [-0.39, 0.29) is 29.7 Å². The molecular formula is C16H18N4O2. The number of nitrogens with two attached hydrogens (primary N) is 1. The molecule has 22 heavy (non-hydrogen) atoms. The van der Waals surface area contributed by atoms with Crippen molar-refractivity contribution in [2.45, 2.75) is 25.0 Å². The van der Waals surface area contributed by atoms with Crippen LogP contribution in [-0.2, 0) is 0 Å². The highest BCUT2D eigenvalue weighted by atomic mass is 16.3. The van der Waals surface area contributed by atoms with Gasteiger partial charge in [-0.1, -0.05) is 12.1 Å². The summed E-state index contributed by atoms with van der Waals surface area (Å²) in [5.74, 6) is 0.195. The molecule has 2 aromatic heterocycles. The number of aromatic nitrogens is 2. The molecule has 6 nitrogen and oxygen atoms in total. The summed E-state index contributed by atoms with van der Waals surface area (Å²) >= 11 is 0. The fourth-order valence-electron chi connectivity index (χ4n) is 2.69. The van der Waals surface area contributed by atoms with E-state index in [4.69, 9.17) is 5.73 Å². The van der Waals surface area contributed by atoms with Gasteiger partial charge in [-0.15, -0.1) is 0 Å². The van der Waals surface area contributed by atoms with E-state index in [1.54, 1.807) is 24.4 Å². The Morgan fingerprint density at radius 1 is 1.27 bits per heavy atom. The molecule has 0 spiro atoms. The van der Waals surface area contributed by atoms with E-state index in [0.29, 0.717) is 18.7 Å². The minimum atomic E-state index is -0.293. The number of amides is 1. The predicted octanol–water partition coefficient (Wildman–Crippen LogP) is 1.30. The van der Waals surface area contributed by atoms with Crippen molar-refractivity contribution in [2.24, 2.45) is 5.92 Å². The number of aliphatic hydroxyl groups excluding tert-OH is 1. The van der Waals surface area contributed by atoms with Crippen LogP contribution in [0.15, 0.2) is 42.6 Å². The molecule has 1 aliphatic rings. The zero-order chi connectivity index (χ0) is 15.5. The first-order chi connectivity index (χ1) is 10.6. The molecule has 2 heterocycles. The standard InChI is InChI=1S/C16H18N4O2/c17-14-6-3-5-13(19-14)16(22)20-15(10-8-11(21)9-10)12-4-1-2-7-18-12/h1-7,10-11,15,21H,8-9H2,(H2,17,19)(H,20,22). The fraction of sp³-hybridized carbons (Fsp3) is 0.312. The first kappa shape index (κ1) is 14.5. The van der Waals surface area contributed by atoms with E-state index in [1.165, 1.54) is 0 Å². The summed E-state index contributed by atoms with van der Waals surface area (Å²) in [6, 6.07) is 10.3. The number of anilines is 1. The van der Waals surface area contributed by atoms with E-state index >= 15 is 0 Å². The van der Waals surface area contributed by atoms with Gasteiger partial charge in [0.25, 0.3) is 5.91 Å². The highest BCUT2D eigenvalue weighted by Crippen LogP contribution is 2.37. The van der Waals surface area contributed by atoms with Crippen LogP contribution in [0, 0.1) is 5.92 Å². The van der Waals surface area contributed by atoms with Gasteiger partial charge < -0.3 is 16.2 Å². The summed E-state index contributed by atoms with van der Waals surface area (Å²) in [7, 11) is 0. The number of aliphatic hydroxyl groups is 1. The highest BCUT2D eigenvalue weighted by Gasteiger charge is 2.36. The minimum absolute atomic E-state index is 0.176. The Balaban J connectivity index is 1.79. The molecule has 1 saturated carbocycles. The van der Waals surface area contributed by atoms with Crippen LogP contribution < -0.4 is 11.1 Å². The van der Waals surface area contributed by atoms with Crippen LogP contribution in [-0.4, -0.2) is 27.1 Å². The van der Waals surface area contributed by atoms with Crippen molar-refractivity contribution in [3.8, 4) is 0 Å². The second-order valence-corrected chi connectivity index (χ2v) is 5.54. The second kappa shape index (κ2) is 6.11. The molecule has 4 N–H and O–H groups in total. The van der Waals surface area contributed by atoms with Crippen LogP contribution in [0.5, 0.6) is 0 Å². The summed E-state index contributed by atoms with van der Waals surface area (Å²) in [6.07, 6.45) is 2.72. The van der Waals surface area contributed by atoms with Crippen LogP contribution in [0.3, 0.4) is 0 Å². The number of nitrogen functional groups attached to an aromatic ring is 1. The van der Waals surface area contributed by atoms with Gasteiger partial charge in [-0.3, -0.25) is 9.78 Å². The third-order valence-electron chi connectivity index (χ3n) is 3.92. The molecule has 0 bridgehead atoms. The molecule has 0 aliphatic heterocycles. The Morgan fingerprint density at radius 3 is 2.73 bits per heavy atom. The molecule has 1 unspecified atom stereocenters. The summed E-state index contributed by atoms with van der Waals surface area (Å²) in [5.41, 5.74) is 6.68. The Morgan fingerprint density at radius 2 is 2.09 bits per heavy atom. The summed E-state index contributed by atoms with van der Waals surface area (Å²) in [6.45, 7) is 0. The minimum Gasteiger partial charge on any atom is -0.393 e. The van der Waals surface area contributed by atoms with Gasteiger partial charge in [-0.05, 0) is 43.0 Å². The molecule has 1 amide bonds. The molecule has 0 radical (unpaired) electrons. The zero-order valence-electron chi connectivity index (χ0n) is 12.0. The lowest BCUT2D eigenvalue weighted by Crippen LogP contribution is -2.42. The molecule has 1 aliphatic carbocycles. The number of pyridine rings is 2. The van der Waals surface area contributed by atoms with Crippen molar-refractivity contribution < 1.29 is 9.90 Å². The maximum absolute atomic E-state index is 12.4. The van der Waals surface area contributed by atoms with Crippen molar-refractivity contribution in [2.75, 3.05) is 5.73 Å². The van der Waals surface area contributed by atoms with Gasteiger partial charge in [0.05, 0.1) is 17.8 Å².